The van der Waals surface area contributed by atoms with Gasteiger partial charge in [0.2, 0.25) is 0 Å². The Morgan fingerprint density at radius 1 is 1.47 bits per heavy atom. The number of hydrogen-bond acceptors (Lipinski definition) is 1. The van der Waals surface area contributed by atoms with E-state index in [0.717, 1.165) is 23.0 Å². The summed E-state index contributed by atoms with van der Waals surface area (Å²) in [4.78, 5) is 13.4. The van der Waals surface area contributed by atoms with Gasteiger partial charge >= 0.3 is 6.03 Å². The number of para-hydroxylation sites is 1. The standard InChI is InChI=1S/C11H13BrN2O/c1-14(11(15)13-8-6-7-8)10-5-3-2-4-9(10)12/h2-5,8H,6-7H2,1H3,(H,13,15). The molecule has 0 atom stereocenters. The van der Waals surface area contributed by atoms with Crippen molar-refractivity contribution < 1.29 is 4.79 Å². The lowest BCUT2D eigenvalue weighted by Gasteiger charge is -2.19. The zero-order valence-corrected chi connectivity index (χ0v) is 10.1. The average Bonchev–Trinajstić information content (AvgIpc) is 3.01. The Hall–Kier alpha value is -1.03. The van der Waals surface area contributed by atoms with E-state index < -0.39 is 0 Å². The molecule has 0 bridgehead atoms. The summed E-state index contributed by atoms with van der Waals surface area (Å²) in [6.07, 6.45) is 2.21. The quantitative estimate of drug-likeness (QED) is 0.879. The second-order valence-electron chi connectivity index (χ2n) is 3.73. The summed E-state index contributed by atoms with van der Waals surface area (Å²) < 4.78 is 0.929. The molecule has 0 unspecified atom stereocenters. The largest absolute Gasteiger partial charge is 0.335 e. The number of nitrogens with zero attached hydrogens (tertiary/aromatic N) is 1. The Morgan fingerprint density at radius 3 is 2.73 bits per heavy atom. The number of benzene rings is 1. The Morgan fingerprint density at radius 2 is 2.13 bits per heavy atom. The molecule has 0 spiro atoms. The van der Waals surface area contributed by atoms with Gasteiger partial charge < -0.3 is 5.32 Å². The van der Waals surface area contributed by atoms with Crippen molar-refractivity contribution in [2.75, 3.05) is 11.9 Å². The van der Waals surface area contributed by atoms with Crippen LogP contribution in [0.15, 0.2) is 28.7 Å². The lowest BCUT2D eigenvalue weighted by atomic mass is 10.3. The highest BCUT2D eigenvalue weighted by molar-refractivity contribution is 9.10. The lowest BCUT2D eigenvalue weighted by Crippen LogP contribution is -2.38. The monoisotopic (exact) mass is 268 g/mol. The molecule has 1 N–H and O–H groups in total. The molecule has 15 heavy (non-hydrogen) atoms. The molecule has 0 heterocycles. The first kappa shape index (κ1) is 10.5. The SMILES string of the molecule is CN(C(=O)NC1CC1)c1ccccc1Br. The average molecular weight is 269 g/mol. The minimum absolute atomic E-state index is 0.0376. The molecule has 3 nitrogen and oxygen atoms in total. The minimum atomic E-state index is -0.0376. The van der Waals surface area contributed by atoms with Crippen molar-refractivity contribution in [1.82, 2.24) is 5.32 Å². The van der Waals surface area contributed by atoms with Gasteiger partial charge in [0.25, 0.3) is 0 Å². The smallest absolute Gasteiger partial charge is 0.321 e. The molecule has 2 rings (SSSR count). The fourth-order valence-electron chi connectivity index (χ4n) is 1.33. The third kappa shape index (κ3) is 2.50. The summed E-state index contributed by atoms with van der Waals surface area (Å²) in [5.41, 5.74) is 0.885. The van der Waals surface area contributed by atoms with Crippen LogP contribution >= 0.6 is 15.9 Å². The van der Waals surface area contributed by atoms with Crippen LogP contribution in [0.3, 0.4) is 0 Å². The number of hydrogen-bond donors (Lipinski definition) is 1. The maximum absolute atomic E-state index is 11.7. The van der Waals surface area contributed by atoms with Gasteiger partial charge in [-0.15, -0.1) is 0 Å². The van der Waals surface area contributed by atoms with E-state index >= 15 is 0 Å². The van der Waals surface area contributed by atoms with E-state index in [1.807, 2.05) is 24.3 Å². The van der Waals surface area contributed by atoms with E-state index in [1.54, 1.807) is 11.9 Å². The molecule has 1 aromatic carbocycles. The summed E-state index contributed by atoms with van der Waals surface area (Å²) in [6.45, 7) is 0. The van der Waals surface area contributed by atoms with Gasteiger partial charge in [0.1, 0.15) is 0 Å². The molecule has 0 radical (unpaired) electrons. The molecular weight excluding hydrogens is 256 g/mol. The van der Waals surface area contributed by atoms with Gasteiger partial charge in [-0.2, -0.15) is 0 Å². The zero-order valence-electron chi connectivity index (χ0n) is 8.53. The van der Waals surface area contributed by atoms with Crippen molar-refractivity contribution in [2.24, 2.45) is 0 Å². The first-order valence-corrected chi connectivity index (χ1v) is 5.76. The Kier molecular flexibility index (Phi) is 2.95. The van der Waals surface area contributed by atoms with E-state index in [0.29, 0.717) is 6.04 Å². The fourth-order valence-corrected chi connectivity index (χ4v) is 1.88. The van der Waals surface area contributed by atoms with E-state index in [1.165, 1.54) is 0 Å². The number of carbonyl (C=O) groups excluding carboxylic acids is 1. The number of halogens is 1. The van der Waals surface area contributed by atoms with Crippen molar-refractivity contribution >= 4 is 27.6 Å². The number of amides is 2. The summed E-state index contributed by atoms with van der Waals surface area (Å²) in [5.74, 6) is 0. The van der Waals surface area contributed by atoms with Gasteiger partial charge in [-0.3, -0.25) is 4.90 Å². The number of rotatable bonds is 2. The molecule has 1 aliphatic carbocycles. The molecular formula is C11H13BrN2O. The van der Waals surface area contributed by atoms with Crippen LogP contribution in [0, 0.1) is 0 Å². The van der Waals surface area contributed by atoms with Crippen molar-refractivity contribution in [1.29, 1.82) is 0 Å². The van der Waals surface area contributed by atoms with Crippen molar-refractivity contribution in [2.45, 2.75) is 18.9 Å². The molecule has 0 aliphatic heterocycles. The molecule has 1 aliphatic rings. The van der Waals surface area contributed by atoms with E-state index in [-0.39, 0.29) is 6.03 Å². The third-order valence-corrected chi connectivity index (χ3v) is 3.09. The highest BCUT2D eigenvalue weighted by atomic mass is 79.9. The third-order valence-electron chi connectivity index (χ3n) is 2.42. The van der Waals surface area contributed by atoms with E-state index in [4.69, 9.17) is 0 Å². The van der Waals surface area contributed by atoms with Crippen LogP contribution in [0.4, 0.5) is 10.5 Å². The van der Waals surface area contributed by atoms with E-state index in [9.17, 15) is 4.79 Å². The van der Waals surface area contributed by atoms with Crippen LogP contribution in [0.2, 0.25) is 0 Å². The molecule has 1 saturated carbocycles. The first-order chi connectivity index (χ1) is 7.18. The van der Waals surface area contributed by atoms with Crippen LogP contribution in [-0.4, -0.2) is 19.1 Å². The van der Waals surface area contributed by atoms with Crippen molar-refractivity contribution in [3.05, 3.63) is 28.7 Å². The maximum atomic E-state index is 11.7. The molecule has 4 heteroatoms. The predicted octanol–water partition coefficient (Wildman–Crippen LogP) is 2.76. The van der Waals surface area contributed by atoms with Crippen LogP contribution in [0.5, 0.6) is 0 Å². The fraction of sp³-hybridized carbons (Fsp3) is 0.364. The van der Waals surface area contributed by atoms with Gasteiger partial charge in [0.15, 0.2) is 0 Å². The van der Waals surface area contributed by atoms with Crippen molar-refractivity contribution in [3.63, 3.8) is 0 Å². The van der Waals surface area contributed by atoms with Crippen LogP contribution in [0.1, 0.15) is 12.8 Å². The molecule has 1 aromatic rings. The summed E-state index contributed by atoms with van der Waals surface area (Å²) in [7, 11) is 1.78. The van der Waals surface area contributed by atoms with Crippen LogP contribution in [0.25, 0.3) is 0 Å². The number of urea groups is 1. The number of anilines is 1. The second kappa shape index (κ2) is 4.23. The second-order valence-corrected chi connectivity index (χ2v) is 4.59. The van der Waals surface area contributed by atoms with E-state index in [2.05, 4.69) is 21.2 Å². The van der Waals surface area contributed by atoms with Crippen LogP contribution in [-0.2, 0) is 0 Å². The predicted molar refractivity (Wildman–Crippen MR) is 64.1 cm³/mol. The summed E-state index contributed by atoms with van der Waals surface area (Å²) in [5, 5.41) is 2.95. The Balaban J connectivity index is 2.08. The normalized spacial score (nSPS) is 14.8. The first-order valence-electron chi connectivity index (χ1n) is 4.97. The maximum Gasteiger partial charge on any atom is 0.321 e. The minimum Gasteiger partial charge on any atom is -0.335 e. The zero-order chi connectivity index (χ0) is 10.8. The van der Waals surface area contributed by atoms with Gasteiger partial charge in [0, 0.05) is 17.6 Å². The summed E-state index contributed by atoms with van der Waals surface area (Å²) in [6, 6.07) is 8.04. The molecule has 1 fully saturated rings. The number of nitrogens with one attached hydrogen (secondary N) is 1. The highest BCUT2D eigenvalue weighted by Crippen LogP contribution is 2.25. The van der Waals surface area contributed by atoms with Gasteiger partial charge in [-0.1, -0.05) is 12.1 Å². The molecule has 0 saturated heterocycles. The van der Waals surface area contributed by atoms with Gasteiger partial charge in [-0.05, 0) is 40.9 Å². The topological polar surface area (TPSA) is 32.3 Å². The summed E-state index contributed by atoms with van der Waals surface area (Å²) >= 11 is 3.43. The van der Waals surface area contributed by atoms with Crippen LogP contribution < -0.4 is 10.2 Å². The Labute approximate surface area is 97.6 Å². The van der Waals surface area contributed by atoms with Gasteiger partial charge in [-0.25, -0.2) is 4.79 Å². The molecule has 80 valence electrons. The molecule has 2 amide bonds. The highest BCUT2D eigenvalue weighted by Gasteiger charge is 2.25. The number of carbonyl (C=O) groups is 1. The lowest BCUT2D eigenvalue weighted by molar-refractivity contribution is 0.247. The Bertz CT molecular complexity index is 377. The van der Waals surface area contributed by atoms with Gasteiger partial charge in [0.05, 0.1) is 5.69 Å². The molecule has 0 aromatic heterocycles. The van der Waals surface area contributed by atoms with Crippen molar-refractivity contribution in [3.8, 4) is 0 Å².